The summed E-state index contributed by atoms with van der Waals surface area (Å²) in [5.41, 5.74) is 6.03. The van der Waals surface area contributed by atoms with Crippen molar-refractivity contribution in [1.29, 1.82) is 0 Å². The third-order valence-corrected chi connectivity index (χ3v) is 3.85. The molecule has 0 aliphatic carbocycles. The van der Waals surface area contributed by atoms with Crippen LogP contribution in [0.4, 0.5) is 4.39 Å². The van der Waals surface area contributed by atoms with Crippen LogP contribution in [0.1, 0.15) is 22.7 Å². The van der Waals surface area contributed by atoms with Crippen molar-refractivity contribution in [2.24, 2.45) is 5.84 Å². The molecule has 2 aromatic rings. The molecule has 0 aromatic heterocycles. The summed E-state index contributed by atoms with van der Waals surface area (Å²) in [5.74, 6) is 5.46. The molecule has 2 nitrogen and oxygen atoms in total. The minimum atomic E-state index is -0.201. The maximum atomic E-state index is 13.1. The van der Waals surface area contributed by atoms with Crippen LogP contribution in [0.2, 0.25) is 0 Å². The zero-order chi connectivity index (χ0) is 13.8. The summed E-state index contributed by atoms with van der Waals surface area (Å²) < 4.78 is 14.3. The lowest BCUT2D eigenvalue weighted by atomic mass is 9.96. The summed E-state index contributed by atoms with van der Waals surface area (Å²) in [5, 5.41) is 0. The van der Waals surface area contributed by atoms with Gasteiger partial charge in [0.1, 0.15) is 5.82 Å². The number of nitrogens with two attached hydrogens (primary N) is 1. The maximum Gasteiger partial charge on any atom is 0.123 e. The van der Waals surface area contributed by atoms with Crippen LogP contribution in [-0.4, -0.2) is 0 Å². The summed E-state index contributed by atoms with van der Waals surface area (Å²) in [7, 11) is 0. The zero-order valence-electron chi connectivity index (χ0n) is 10.7. The highest BCUT2D eigenvalue weighted by Crippen LogP contribution is 2.21. The number of halogens is 2. The average Bonchev–Trinajstić information content (AvgIpc) is 2.38. The smallest absolute Gasteiger partial charge is 0.123 e. The van der Waals surface area contributed by atoms with E-state index in [1.165, 1.54) is 9.64 Å². The van der Waals surface area contributed by atoms with E-state index in [1.807, 2.05) is 31.2 Å². The van der Waals surface area contributed by atoms with Crippen LogP contribution in [0.25, 0.3) is 0 Å². The van der Waals surface area contributed by atoms with E-state index in [9.17, 15) is 4.39 Å². The van der Waals surface area contributed by atoms with Gasteiger partial charge in [-0.05, 0) is 76.9 Å². The van der Waals surface area contributed by atoms with Gasteiger partial charge < -0.3 is 0 Å². The Bertz CT molecular complexity index is 572. The largest absolute Gasteiger partial charge is 0.271 e. The number of hydrogen-bond acceptors (Lipinski definition) is 2. The highest BCUT2D eigenvalue weighted by atomic mass is 127. The monoisotopic (exact) mass is 370 g/mol. The van der Waals surface area contributed by atoms with Crippen LogP contribution in [0.3, 0.4) is 0 Å². The number of hydrogen-bond donors (Lipinski definition) is 2. The lowest BCUT2D eigenvalue weighted by Crippen LogP contribution is -2.29. The van der Waals surface area contributed by atoms with E-state index in [0.29, 0.717) is 0 Å². The SMILES string of the molecule is Cc1cc(F)ccc1CC(NN)c1cccc(I)c1. The van der Waals surface area contributed by atoms with Crippen LogP contribution in [0.5, 0.6) is 0 Å². The fourth-order valence-corrected chi connectivity index (χ4v) is 2.67. The topological polar surface area (TPSA) is 38.0 Å². The fraction of sp³-hybridized carbons (Fsp3) is 0.200. The molecule has 19 heavy (non-hydrogen) atoms. The van der Waals surface area contributed by atoms with Crippen molar-refractivity contribution in [3.8, 4) is 0 Å². The van der Waals surface area contributed by atoms with E-state index in [2.05, 4.69) is 34.1 Å². The Labute approximate surface area is 126 Å². The van der Waals surface area contributed by atoms with Crippen molar-refractivity contribution in [2.45, 2.75) is 19.4 Å². The van der Waals surface area contributed by atoms with Gasteiger partial charge >= 0.3 is 0 Å². The first-order chi connectivity index (χ1) is 9.10. The molecule has 0 saturated heterocycles. The molecule has 2 aromatic carbocycles. The summed E-state index contributed by atoms with van der Waals surface area (Å²) in [6.45, 7) is 1.92. The van der Waals surface area contributed by atoms with Gasteiger partial charge in [0.05, 0.1) is 6.04 Å². The van der Waals surface area contributed by atoms with E-state index in [1.54, 1.807) is 6.07 Å². The van der Waals surface area contributed by atoms with Gasteiger partial charge in [0.25, 0.3) is 0 Å². The molecule has 1 atom stereocenters. The van der Waals surface area contributed by atoms with Crippen molar-refractivity contribution >= 4 is 22.6 Å². The average molecular weight is 370 g/mol. The number of benzene rings is 2. The van der Waals surface area contributed by atoms with E-state index in [-0.39, 0.29) is 11.9 Å². The van der Waals surface area contributed by atoms with Gasteiger partial charge in [0.2, 0.25) is 0 Å². The minimum Gasteiger partial charge on any atom is -0.271 e. The lowest BCUT2D eigenvalue weighted by molar-refractivity contribution is 0.549. The number of hydrazine groups is 1. The van der Waals surface area contributed by atoms with Gasteiger partial charge in [0.15, 0.2) is 0 Å². The predicted molar refractivity (Wildman–Crippen MR) is 84.1 cm³/mol. The van der Waals surface area contributed by atoms with E-state index >= 15 is 0 Å². The molecule has 4 heteroatoms. The zero-order valence-corrected chi connectivity index (χ0v) is 12.8. The quantitative estimate of drug-likeness (QED) is 0.491. The molecule has 0 amide bonds. The third-order valence-electron chi connectivity index (χ3n) is 3.18. The van der Waals surface area contributed by atoms with Gasteiger partial charge in [-0.15, -0.1) is 0 Å². The normalized spacial score (nSPS) is 12.4. The van der Waals surface area contributed by atoms with Crippen LogP contribution < -0.4 is 11.3 Å². The second-order valence-corrected chi connectivity index (χ2v) is 5.79. The third kappa shape index (κ3) is 3.75. The van der Waals surface area contributed by atoms with Crippen LogP contribution >= 0.6 is 22.6 Å². The molecule has 0 saturated carbocycles. The molecule has 0 bridgehead atoms. The molecule has 2 rings (SSSR count). The van der Waals surface area contributed by atoms with Crippen molar-refractivity contribution in [3.63, 3.8) is 0 Å². The molecule has 0 fully saturated rings. The minimum absolute atomic E-state index is 0.0267. The first-order valence-electron chi connectivity index (χ1n) is 6.07. The number of aryl methyl sites for hydroxylation is 1. The molecule has 100 valence electrons. The first kappa shape index (κ1) is 14.4. The van der Waals surface area contributed by atoms with Crippen LogP contribution in [0, 0.1) is 16.3 Å². The molecule has 0 aliphatic rings. The molecule has 0 heterocycles. The highest BCUT2D eigenvalue weighted by molar-refractivity contribution is 14.1. The van der Waals surface area contributed by atoms with Crippen LogP contribution in [0.15, 0.2) is 42.5 Å². The van der Waals surface area contributed by atoms with Crippen molar-refractivity contribution in [1.82, 2.24) is 5.43 Å². The van der Waals surface area contributed by atoms with Crippen molar-refractivity contribution in [2.75, 3.05) is 0 Å². The number of rotatable bonds is 4. The Morgan fingerprint density at radius 1 is 1.26 bits per heavy atom. The summed E-state index contributed by atoms with van der Waals surface area (Å²) >= 11 is 2.28. The van der Waals surface area contributed by atoms with Crippen molar-refractivity contribution in [3.05, 3.63) is 68.5 Å². The lowest BCUT2D eigenvalue weighted by Gasteiger charge is -2.18. The van der Waals surface area contributed by atoms with Gasteiger partial charge in [0, 0.05) is 3.57 Å². The molecule has 1 unspecified atom stereocenters. The van der Waals surface area contributed by atoms with Gasteiger partial charge in [-0.1, -0.05) is 18.2 Å². The Morgan fingerprint density at radius 2 is 2.05 bits per heavy atom. The maximum absolute atomic E-state index is 13.1. The summed E-state index contributed by atoms with van der Waals surface area (Å²) in [6.07, 6.45) is 0.739. The summed E-state index contributed by atoms with van der Waals surface area (Å²) in [4.78, 5) is 0. The first-order valence-corrected chi connectivity index (χ1v) is 7.14. The predicted octanol–water partition coefficient (Wildman–Crippen LogP) is 3.49. The Morgan fingerprint density at radius 3 is 2.68 bits per heavy atom. The summed E-state index contributed by atoms with van der Waals surface area (Å²) in [6, 6.07) is 13.1. The Hall–Kier alpha value is -0.980. The second kappa shape index (κ2) is 6.45. The Balaban J connectivity index is 2.24. The van der Waals surface area contributed by atoms with E-state index in [0.717, 1.165) is 23.1 Å². The van der Waals surface area contributed by atoms with E-state index < -0.39 is 0 Å². The van der Waals surface area contributed by atoms with E-state index in [4.69, 9.17) is 5.84 Å². The second-order valence-electron chi connectivity index (χ2n) is 4.55. The van der Waals surface area contributed by atoms with Gasteiger partial charge in [-0.25, -0.2) is 4.39 Å². The standard InChI is InChI=1S/C15H16FIN2/c1-10-7-13(16)6-5-11(10)9-15(19-18)12-3-2-4-14(17)8-12/h2-8,15,19H,9,18H2,1H3. The number of nitrogens with one attached hydrogen (secondary N) is 1. The molecule has 0 aliphatic heterocycles. The Kier molecular flexibility index (Phi) is 4.90. The van der Waals surface area contributed by atoms with Crippen LogP contribution in [-0.2, 0) is 6.42 Å². The van der Waals surface area contributed by atoms with Gasteiger partial charge in [-0.2, -0.15) is 0 Å². The molecular weight excluding hydrogens is 354 g/mol. The molecule has 0 radical (unpaired) electrons. The molecule has 0 spiro atoms. The van der Waals surface area contributed by atoms with Gasteiger partial charge in [-0.3, -0.25) is 11.3 Å². The molecular formula is C15H16FIN2. The molecule has 3 N–H and O–H groups in total. The van der Waals surface area contributed by atoms with Crippen molar-refractivity contribution < 1.29 is 4.39 Å². The highest BCUT2D eigenvalue weighted by Gasteiger charge is 2.12. The fourth-order valence-electron chi connectivity index (χ4n) is 2.10.